The molecule has 0 bridgehead atoms. The minimum atomic E-state index is -0.854. The zero-order valence-electron chi connectivity index (χ0n) is 16.9. The molecule has 3 N–H and O–H groups in total. The number of carbonyl (C=O) groups is 2. The van der Waals surface area contributed by atoms with Crippen molar-refractivity contribution in [2.75, 3.05) is 0 Å². The summed E-state index contributed by atoms with van der Waals surface area (Å²) < 4.78 is 3.39. The van der Waals surface area contributed by atoms with Crippen LogP contribution < -0.4 is 22.1 Å². The molecule has 2 amide bonds. The average Bonchev–Trinajstić information content (AvgIpc) is 3.21. The molecule has 12 nitrogen and oxygen atoms in total. The second-order valence-electron chi connectivity index (χ2n) is 6.82. The Kier molecular flexibility index (Phi) is 5.02. The predicted octanol–water partition coefficient (Wildman–Crippen LogP) is -0.402. The second-order valence-corrected chi connectivity index (χ2v) is 6.82. The first kappa shape index (κ1) is 20.5. The van der Waals surface area contributed by atoms with Gasteiger partial charge in [-0.15, -0.1) is 0 Å². The van der Waals surface area contributed by atoms with Gasteiger partial charge in [0.05, 0.1) is 17.3 Å². The van der Waals surface area contributed by atoms with Gasteiger partial charge < -0.3 is 5.11 Å². The monoisotopic (exact) mass is 435 g/mol. The summed E-state index contributed by atoms with van der Waals surface area (Å²) in [5.74, 6) is -2.03. The molecular weight excluding hydrogens is 418 g/mol. The van der Waals surface area contributed by atoms with Crippen LogP contribution in [0.5, 0.6) is 5.75 Å². The summed E-state index contributed by atoms with van der Waals surface area (Å²) >= 11 is 0. The van der Waals surface area contributed by atoms with Gasteiger partial charge in [-0.05, 0) is 24.3 Å². The zero-order chi connectivity index (χ0) is 23.0. The van der Waals surface area contributed by atoms with Crippen LogP contribution in [0.3, 0.4) is 0 Å². The molecule has 0 atom stereocenters. The van der Waals surface area contributed by atoms with Gasteiger partial charge in [-0.1, -0.05) is 18.2 Å². The second kappa shape index (κ2) is 7.83. The van der Waals surface area contributed by atoms with Gasteiger partial charge >= 0.3 is 5.69 Å². The highest BCUT2D eigenvalue weighted by Gasteiger charge is 2.19. The third-order valence-corrected chi connectivity index (χ3v) is 4.75. The molecule has 0 aliphatic rings. The number of pyridine rings is 1. The number of benzene rings is 1. The van der Waals surface area contributed by atoms with Crippen LogP contribution >= 0.6 is 0 Å². The lowest BCUT2D eigenvalue weighted by molar-refractivity contribution is 0.0839. The number of nitrogens with zero attached hydrogens (tertiary/aromatic N) is 5. The predicted molar refractivity (Wildman–Crippen MR) is 112 cm³/mol. The number of hydrogen-bond acceptors (Lipinski definition) is 7. The molecule has 3 heterocycles. The minimum absolute atomic E-state index is 0.0244. The molecular formula is C20H17N7O5. The number of aromatic nitrogens is 5. The molecule has 12 heteroatoms. The van der Waals surface area contributed by atoms with Gasteiger partial charge in [0.15, 0.2) is 11.4 Å². The first-order valence-corrected chi connectivity index (χ1v) is 9.29. The fraction of sp³-hybridized carbons (Fsp3) is 0.100. The maximum atomic E-state index is 12.4. The van der Waals surface area contributed by atoms with Crippen LogP contribution in [0, 0.1) is 0 Å². The Morgan fingerprint density at radius 1 is 0.938 bits per heavy atom. The molecule has 1 aromatic carbocycles. The van der Waals surface area contributed by atoms with Crippen LogP contribution in [-0.4, -0.2) is 40.8 Å². The van der Waals surface area contributed by atoms with Gasteiger partial charge in [-0.2, -0.15) is 5.10 Å². The summed E-state index contributed by atoms with van der Waals surface area (Å²) in [5.41, 5.74) is 3.40. The molecule has 162 valence electrons. The van der Waals surface area contributed by atoms with Gasteiger partial charge in [0, 0.05) is 14.1 Å². The summed E-state index contributed by atoms with van der Waals surface area (Å²) in [5, 5.41) is 14.2. The number of aryl methyl sites for hydroxylation is 1. The number of hydrazine groups is 1. The minimum Gasteiger partial charge on any atom is -0.504 e. The summed E-state index contributed by atoms with van der Waals surface area (Å²) in [4.78, 5) is 53.2. The summed E-state index contributed by atoms with van der Waals surface area (Å²) in [6, 6.07) is 11.5. The highest BCUT2D eigenvalue weighted by Crippen LogP contribution is 2.17. The Labute approximate surface area is 179 Å². The summed E-state index contributed by atoms with van der Waals surface area (Å²) in [7, 11) is 2.77. The molecule has 32 heavy (non-hydrogen) atoms. The normalized spacial score (nSPS) is 10.8. The number of hydrogen-bond donors (Lipinski definition) is 3. The van der Waals surface area contributed by atoms with E-state index in [4.69, 9.17) is 0 Å². The van der Waals surface area contributed by atoms with Crippen LogP contribution in [0.2, 0.25) is 0 Å². The van der Waals surface area contributed by atoms with E-state index in [0.29, 0.717) is 5.69 Å². The van der Waals surface area contributed by atoms with E-state index in [-0.39, 0.29) is 28.2 Å². The van der Waals surface area contributed by atoms with Crippen molar-refractivity contribution in [2.24, 2.45) is 14.1 Å². The Hall–Kier alpha value is -4.74. The molecule has 0 radical (unpaired) electrons. The van der Waals surface area contributed by atoms with Crippen molar-refractivity contribution >= 4 is 22.8 Å². The molecule has 0 saturated heterocycles. The van der Waals surface area contributed by atoms with Crippen LogP contribution in [0.15, 0.2) is 58.3 Å². The molecule has 0 spiro atoms. The van der Waals surface area contributed by atoms with Crippen LogP contribution in [0.1, 0.15) is 21.0 Å². The lowest BCUT2D eigenvalue weighted by Crippen LogP contribution is -2.42. The van der Waals surface area contributed by atoms with E-state index in [1.807, 2.05) is 6.07 Å². The Bertz CT molecular complexity index is 1480. The molecule has 3 aromatic heterocycles. The zero-order valence-corrected chi connectivity index (χ0v) is 16.9. The van der Waals surface area contributed by atoms with Crippen molar-refractivity contribution in [3.05, 3.63) is 80.9 Å². The molecule has 0 fully saturated rings. The first-order valence-electron chi connectivity index (χ1n) is 9.29. The van der Waals surface area contributed by atoms with Crippen molar-refractivity contribution in [2.45, 2.75) is 0 Å². The molecule has 0 aliphatic carbocycles. The van der Waals surface area contributed by atoms with Crippen molar-refractivity contribution in [3.8, 4) is 11.4 Å². The standard InChI is InChI=1S/C20H17N7O5/c1-25-16-12(19(31)26(2)20(25)32)8-9-13(21-16)17(29)22-23-18(30)15-14(28)10-27(24-15)11-6-4-3-5-7-11/h3-10,28H,1-2H3,(H,22,29)(H,23,30). The number of aromatic hydroxyl groups is 1. The average molecular weight is 435 g/mol. The highest BCUT2D eigenvalue weighted by molar-refractivity contribution is 5.99. The number of nitrogens with one attached hydrogen (secondary N) is 2. The number of rotatable bonds is 3. The van der Waals surface area contributed by atoms with Crippen molar-refractivity contribution < 1.29 is 14.7 Å². The van der Waals surface area contributed by atoms with E-state index < -0.39 is 23.1 Å². The summed E-state index contributed by atoms with van der Waals surface area (Å²) in [6.07, 6.45) is 1.26. The van der Waals surface area contributed by atoms with E-state index in [1.54, 1.807) is 24.3 Å². The Morgan fingerprint density at radius 2 is 1.62 bits per heavy atom. The molecule has 0 aliphatic heterocycles. The number of amides is 2. The maximum absolute atomic E-state index is 12.4. The third-order valence-electron chi connectivity index (χ3n) is 4.75. The maximum Gasteiger partial charge on any atom is 0.332 e. The lowest BCUT2D eigenvalue weighted by Gasteiger charge is -2.09. The van der Waals surface area contributed by atoms with E-state index in [9.17, 15) is 24.3 Å². The van der Waals surface area contributed by atoms with Crippen LogP contribution in [-0.2, 0) is 14.1 Å². The number of para-hydroxylation sites is 1. The van der Waals surface area contributed by atoms with E-state index >= 15 is 0 Å². The Balaban J connectivity index is 1.54. The molecule has 4 aromatic rings. The number of fused-ring (bicyclic) bond motifs is 1. The Morgan fingerprint density at radius 3 is 2.34 bits per heavy atom. The van der Waals surface area contributed by atoms with Crippen molar-refractivity contribution in [3.63, 3.8) is 0 Å². The largest absolute Gasteiger partial charge is 0.504 e. The fourth-order valence-electron chi connectivity index (χ4n) is 3.06. The summed E-state index contributed by atoms with van der Waals surface area (Å²) in [6.45, 7) is 0. The van der Waals surface area contributed by atoms with Gasteiger partial charge in [-0.3, -0.25) is 34.4 Å². The van der Waals surface area contributed by atoms with Gasteiger partial charge in [0.25, 0.3) is 17.4 Å². The van der Waals surface area contributed by atoms with E-state index in [2.05, 4.69) is 20.9 Å². The number of carbonyl (C=O) groups excluding carboxylic acids is 2. The first-order chi connectivity index (χ1) is 15.3. The molecule has 0 saturated carbocycles. The quantitative estimate of drug-likeness (QED) is 0.370. The SMILES string of the molecule is Cn1c(=O)c2ccc(C(=O)NNC(=O)c3nn(-c4ccccc4)cc3O)nc2n(C)c1=O. The van der Waals surface area contributed by atoms with Crippen LogP contribution in [0.4, 0.5) is 0 Å². The molecule has 4 rings (SSSR count). The van der Waals surface area contributed by atoms with E-state index in [0.717, 1.165) is 9.13 Å². The molecule has 0 unspecified atom stereocenters. The lowest BCUT2D eigenvalue weighted by atomic mass is 10.2. The van der Waals surface area contributed by atoms with Gasteiger partial charge in [0.1, 0.15) is 11.3 Å². The van der Waals surface area contributed by atoms with E-state index in [1.165, 1.54) is 37.1 Å². The van der Waals surface area contributed by atoms with Crippen molar-refractivity contribution in [1.29, 1.82) is 0 Å². The van der Waals surface area contributed by atoms with Crippen LogP contribution in [0.25, 0.3) is 16.7 Å². The van der Waals surface area contributed by atoms with Crippen molar-refractivity contribution in [1.82, 2.24) is 34.8 Å². The third kappa shape index (κ3) is 3.49. The van der Waals surface area contributed by atoms with Gasteiger partial charge in [0.2, 0.25) is 0 Å². The van der Waals surface area contributed by atoms with Gasteiger partial charge in [-0.25, -0.2) is 14.5 Å². The fourth-order valence-corrected chi connectivity index (χ4v) is 3.06. The smallest absolute Gasteiger partial charge is 0.332 e. The topological polar surface area (TPSA) is 153 Å². The highest BCUT2D eigenvalue weighted by atomic mass is 16.3.